The Labute approximate surface area is 245 Å². The van der Waals surface area contributed by atoms with E-state index < -0.39 is 16.9 Å². The lowest BCUT2D eigenvalue weighted by Gasteiger charge is -2.35. The molecule has 197 valence electrons. The van der Waals surface area contributed by atoms with Crippen molar-refractivity contribution in [2.45, 2.75) is 13.1 Å². The third-order valence-corrected chi connectivity index (χ3v) is 14.6. The summed E-state index contributed by atoms with van der Waals surface area (Å²) < 4.78 is 2.50. The average Bonchev–Trinajstić information content (AvgIpc) is 3.37. The number of benzene rings is 6. The second kappa shape index (κ2) is 10.5. The van der Waals surface area contributed by atoms with E-state index in [1.165, 1.54) is 53.4 Å². The molecule has 1 heterocycles. The standard InChI is InChI=1S/C38H32NSi2/c1-40(2)37-28-33(27-35-34-25-15-16-26-36(34)39(38(35)37)29-17-7-3-8-18-29)41(30-19-9-4-10-20-30,31-21-11-5-12-22-31)32-23-13-6-14-24-32/h3-28H,1-2H3. The minimum Gasteiger partial charge on any atom is -0.309 e. The maximum atomic E-state index is 2.59. The summed E-state index contributed by atoms with van der Waals surface area (Å²) >= 11 is 0. The lowest BCUT2D eigenvalue weighted by molar-refractivity contribution is 1.18. The summed E-state index contributed by atoms with van der Waals surface area (Å²) in [7, 11) is -3.48. The van der Waals surface area contributed by atoms with Crippen LogP contribution in [0.5, 0.6) is 0 Å². The smallest absolute Gasteiger partial charge is 0.179 e. The summed E-state index contributed by atoms with van der Waals surface area (Å²) in [5.74, 6) is 0. The van der Waals surface area contributed by atoms with Crippen molar-refractivity contribution in [2.75, 3.05) is 0 Å². The Morgan fingerprint density at radius 3 is 1.44 bits per heavy atom. The Balaban J connectivity index is 1.68. The Hall–Kier alpha value is -4.45. The molecule has 3 heteroatoms. The first-order chi connectivity index (χ1) is 20.2. The molecule has 0 aliphatic heterocycles. The molecule has 0 spiro atoms. The summed E-state index contributed by atoms with van der Waals surface area (Å²) in [5, 5.41) is 9.84. The zero-order valence-electron chi connectivity index (χ0n) is 23.5. The molecule has 6 aromatic carbocycles. The number of aromatic nitrogens is 1. The maximum absolute atomic E-state index is 2.64. The monoisotopic (exact) mass is 558 g/mol. The van der Waals surface area contributed by atoms with Crippen molar-refractivity contribution < 1.29 is 0 Å². The molecule has 0 saturated heterocycles. The van der Waals surface area contributed by atoms with Crippen molar-refractivity contribution in [1.82, 2.24) is 4.57 Å². The van der Waals surface area contributed by atoms with Gasteiger partial charge in [-0.25, -0.2) is 0 Å². The SMILES string of the molecule is C[Si](C)c1cc([Si](c2ccccc2)(c2ccccc2)c2ccccc2)cc2c3ccccc3n(-c3ccccc3)c12. The van der Waals surface area contributed by atoms with Crippen LogP contribution in [0.3, 0.4) is 0 Å². The topological polar surface area (TPSA) is 4.93 Å². The average molecular weight is 559 g/mol. The highest BCUT2D eigenvalue weighted by Crippen LogP contribution is 2.31. The first kappa shape index (κ1) is 25.5. The molecule has 0 fully saturated rings. The molecule has 0 unspecified atom stereocenters. The fraction of sp³-hybridized carbons (Fsp3) is 0.0526. The van der Waals surface area contributed by atoms with Gasteiger partial charge in [0, 0.05) is 16.5 Å². The zero-order valence-corrected chi connectivity index (χ0v) is 25.5. The van der Waals surface area contributed by atoms with Crippen LogP contribution in [0.1, 0.15) is 0 Å². The van der Waals surface area contributed by atoms with E-state index in [1.807, 2.05) is 0 Å². The van der Waals surface area contributed by atoms with E-state index in [1.54, 1.807) is 0 Å². The Kier molecular flexibility index (Phi) is 6.54. The summed E-state index contributed by atoms with van der Waals surface area (Å²) in [6.45, 7) is 4.88. The molecule has 1 aromatic heterocycles. The molecule has 0 aliphatic carbocycles. The quantitative estimate of drug-likeness (QED) is 0.171. The number of para-hydroxylation sites is 2. The van der Waals surface area contributed by atoms with Crippen LogP contribution in [-0.2, 0) is 0 Å². The van der Waals surface area contributed by atoms with Crippen molar-refractivity contribution in [1.29, 1.82) is 0 Å². The van der Waals surface area contributed by atoms with E-state index in [4.69, 9.17) is 0 Å². The maximum Gasteiger partial charge on any atom is 0.179 e. The van der Waals surface area contributed by atoms with Gasteiger partial charge in [0.2, 0.25) is 0 Å². The van der Waals surface area contributed by atoms with Gasteiger partial charge in [0.15, 0.2) is 8.07 Å². The van der Waals surface area contributed by atoms with Gasteiger partial charge >= 0.3 is 0 Å². The normalized spacial score (nSPS) is 11.9. The van der Waals surface area contributed by atoms with E-state index in [2.05, 4.69) is 175 Å². The number of hydrogen-bond donors (Lipinski definition) is 0. The highest BCUT2D eigenvalue weighted by atomic mass is 28.3. The first-order valence-corrected chi connectivity index (χ1v) is 18.8. The minimum atomic E-state index is -2.64. The van der Waals surface area contributed by atoms with E-state index in [0.717, 1.165) is 0 Å². The molecule has 41 heavy (non-hydrogen) atoms. The number of fused-ring (bicyclic) bond motifs is 3. The lowest BCUT2D eigenvalue weighted by atomic mass is 10.1. The highest BCUT2D eigenvalue weighted by molar-refractivity contribution is 7.20. The molecule has 0 N–H and O–H groups in total. The van der Waals surface area contributed by atoms with Crippen molar-refractivity contribution >= 4 is 64.6 Å². The molecule has 0 atom stereocenters. The van der Waals surface area contributed by atoms with E-state index in [-0.39, 0.29) is 0 Å². The van der Waals surface area contributed by atoms with E-state index >= 15 is 0 Å². The van der Waals surface area contributed by atoms with Crippen LogP contribution in [0.4, 0.5) is 0 Å². The molecule has 7 aromatic rings. The van der Waals surface area contributed by atoms with E-state index in [0.29, 0.717) is 0 Å². The van der Waals surface area contributed by atoms with Crippen LogP contribution >= 0.6 is 0 Å². The van der Waals surface area contributed by atoms with Gasteiger partial charge < -0.3 is 4.57 Å². The predicted octanol–water partition coefficient (Wildman–Crippen LogP) is 6.12. The van der Waals surface area contributed by atoms with Gasteiger partial charge in [0.25, 0.3) is 0 Å². The molecular weight excluding hydrogens is 527 g/mol. The fourth-order valence-corrected chi connectivity index (χ4v) is 12.7. The largest absolute Gasteiger partial charge is 0.309 e. The Morgan fingerprint density at radius 1 is 0.463 bits per heavy atom. The van der Waals surface area contributed by atoms with Crippen molar-refractivity contribution in [3.05, 3.63) is 158 Å². The predicted molar refractivity (Wildman–Crippen MR) is 182 cm³/mol. The lowest BCUT2D eigenvalue weighted by Crippen LogP contribution is -2.75. The molecular formula is C38H32NSi2. The molecule has 1 radical (unpaired) electrons. The number of hydrogen-bond acceptors (Lipinski definition) is 0. The van der Waals surface area contributed by atoms with Gasteiger partial charge in [-0.05, 0) is 44.1 Å². The van der Waals surface area contributed by atoms with Crippen LogP contribution in [-0.4, -0.2) is 21.4 Å². The molecule has 0 bridgehead atoms. The van der Waals surface area contributed by atoms with Crippen LogP contribution in [0.15, 0.2) is 158 Å². The second-order valence-electron chi connectivity index (χ2n) is 11.0. The van der Waals surface area contributed by atoms with Gasteiger partial charge in [0.05, 0.1) is 19.8 Å². The first-order valence-electron chi connectivity index (χ1n) is 14.3. The van der Waals surface area contributed by atoms with Crippen LogP contribution in [0.25, 0.3) is 27.5 Å². The highest BCUT2D eigenvalue weighted by Gasteiger charge is 2.42. The summed E-state index contributed by atoms with van der Waals surface area (Å²) in [6.07, 6.45) is 0. The third kappa shape index (κ3) is 4.12. The summed E-state index contributed by atoms with van der Waals surface area (Å²) in [5.41, 5.74) is 3.84. The second-order valence-corrected chi connectivity index (χ2v) is 17.3. The van der Waals surface area contributed by atoms with Crippen molar-refractivity contribution in [3.63, 3.8) is 0 Å². The van der Waals surface area contributed by atoms with Gasteiger partial charge in [-0.1, -0.05) is 153 Å². The molecule has 7 rings (SSSR count). The van der Waals surface area contributed by atoms with Gasteiger partial charge in [-0.15, -0.1) is 0 Å². The molecule has 0 amide bonds. The third-order valence-electron chi connectivity index (χ3n) is 8.38. The zero-order chi connectivity index (χ0) is 27.8. The Bertz CT molecular complexity index is 1850. The van der Waals surface area contributed by atoms with Crippen LogP contribution in [0, 0.1) is 0 Å². The van der Waals surface area contributed by atoms with Gasteiger partial charge in [0.1, 0.15) is 0 Å². The molecule has 0 saturated carbocycles. The number of rotatable bonds is 6. The van der Waals surface area contributed by atoms with Crippen LogP contribution in [0.2, 0.25) is 13.1 Å². The fourth-order valence-electron chi connectivity index (χ4n) is 6.60. The van der Waals surface area contributed by atoms with Gasteiger partial charge in [-0.2, -0.15) is 0 Å². The number of nitrogens with zero attached hydrogens (tertiary/aromatic N) is 1. The molecule has 0 aliphatic rings. The van der Waals surface area contributed by atoms with Crippen LogP contribution < -0.4 is 25.9 Å². The van der Waals surface area contributed by atoms with Crippen molar-refractivity contribution in [2.24, 2.45) is 0 Å². The molecule has 1 nitrogen and oxygen atoms in total. The summed E-state index contributed by atoms with van der Waals surface area (Å²) in [6, 6.07) is 58.7. The Morgan fingerprint density at radius 2 is 0.927 bits per heavy atom. The summed E-state index contributed by atoms with van der Waals surface area (Å²) in [4.78, 5) is 0. The minimum absolute atomic E-state index is 0.838. The van der Waals surface area contributed by atoms with E-state index in [9.17, 15) is 0 Å². The van der Waals surface area contributed by atoms with Gasteiger partial charge in [-0.3, -0.25) is 0 Å². The van der Waals surface area contributed by atoms with Crippen molar-refractivity contribution in [3.8, 4) is 5.69 Å².